The number of aliphatic carboxylic acids is 1. The van der Waals surface area contributed by atoms with Crippen LogP contribution in [0.1, 0.15) is 0 Å². The van der Waals surface area contributed by atoms with Crippen molar-refractivity contribution in [3.8, 4) is 0 Å². The lowest BCUT2D eigenvalue weighted by Crippen LogP contribution is -2.41. The van der Waals surface area contributed by atoms with Gasteiger partial charge in [0.25, 0.3) is 0 Å². The Labute approximate surface area is 112 Å². The number of carbonyl (C=O) groups excluding carboxylic acids is 1. The number of primary amides is 1. The largest absolute Gasteiger partial charge is 0.480 e. The van der Waals surface area contributed by atoms with E-state index in [1.54, 1.807) is 0 Å². The number of sulfonamides is 1. The maximum Gasteiger partial charge on any atom is 0.318 e. The van der Waals surface area contributed by atoms with Gasteiger partial charge in [-0.1, -0.05) is 0 Å². The summed E-state index contributed by atoms with van der Waals surface area (Å²) in [5.74, 6) is -5.07. The number of carbonyl (C=O) groups is 2. The third kappa shape index (κ3) is 3.71. The van der Waals surface area contributed by atoms with E-state index in [1.165, 1.54) is 0 Å². The summed E-state index contributed by atoms with van der Waals surface area (Å²) in [5.41, 5.74) is 4.81. The molecule has 0 radical (unpaired) electrons. The summed E-state index contributed by atoms with van der Waals surface area (Å²) in [7, 11) is -4.63. The van der Waals surface area contributed by atoms with Gasteiger partial charge in [-0.3, -0.25) is 9.59 Å². The van der Waals surface area contributed by atoms with Gasteiger partial charge in [0, 0.05) is 6.07 Å². The molecule has 0 bridgehead atoms. The van der Waals surface area contributed by atoms with E-state index in [0.717, 1.165) is 0 Å². The molecule has 0 aromatic heterocycles. The molecule has 0 heterocycles. The Balaban J connectivity index is 3.28. The van der Waals surface area contributed by atoms with Gasteiger partial charge in [0.2, 0.25) is 15.9 Å². The Morgan fingerprint density at radius 2 is 1.85 bits per heavy atom. The molecule has 1 rings (SSSR count). The van der Waals surface area contributed by atoms with Crippen LogP contribution in [0.25, 0.3) is 0 Å². The van der Waals surface area contributed by atoms with Crippen LogP contribution < -0.4 is 5.73 Å². The van der Waals surface area contributed by atoms with E-state index in [4.69, 9.17) is 10.8 Å². The molecule has 0 fully saturated rings. The topological polar surface area (TPSA) is 118 Å². The lowest BCUT2D eigenvalue weighted by atomic mass is 10.3. The summed E-state index contributed by atoms with van der Waals surface area (Å²) in [6.45, 7) is -2.02. The Morgan fingerprint density at radius 3 is 2.30 bits per heavy atom. The molecule has 20 heavy (non-hydrogen) atoms. The molecule has 1 amide bonds. The second-order valence-corrected chi connectivity index (χ2v) is 5.61. The van der Waals surface area contributed by atoms with Crippen LogP contribution in [0.4, 0.5) is 8.78 Å². The zero-order chi connectivity index (χ0) is 15.5. The number of halogens is 2. The summed E-state index contributed by atoms with van der Waals surface area (Å²) < 4.78 is 50.5. The fourth-order valence-electron chi connectivity index (χ4n) is 1.37. The molecule has 0 spiro atoms. The number of nitrogens with two attached hydrogens (primary N) is 1. The van der Waals surface area contributed by atoms with Crippen LogP contribution in [0, 0.1) is 11.6 Å². The molecule has 1 aromatic carbocycles. The third-order valence-electron chi connectivity index (χ3n) is 2.16. The Bertz CT molecular complexity index is 631. The zero-order valence-corrected chi connectivity index (χ0v) is 10.7. The van der Waals surface area contributed by atoms with Gasteiger partial charge in [-0.15, -0.1) is 0 Å². The predicted octanol–water partition coefficient (Wildman–Crippen LogP) is -0.475. The van der Waals surface area contributed by atoms with Crippen LogP contribution in [0.5, 0.6) is 0 Å². The van der Waals surface area contributed by atoms with Gasteiger partial charge >= 0.3 is 5.97 Å². The van der Waals surface area contributed by atoms with Crippen LogP contribution in [0.3, 0.4) is 0 Å². The van der Waals surface area contributed by atoms with E-state index in [9.17, 15) is 26.8 Å². The van der Waals surface area contributed by atoms with Gasteiger partial charge in [0.15, 0.2) is 0 Å². The molecule has 7 nitrogen and oxygen atoms in total. The van der Waals surface area contributed by atoms with Crippen molar-refractivity contribution in [2.75, 3.05) is 13.1 Å². The molecular weight excluding hydrogens is 298 g/mol. The summed E-state index contributed by atoms with van der Waals surface area (Å²) >= 11 is 0. The van der Waals surface area contributed by atoms with Crippen molar-refractivity contribution in [3.05, 3.63) is 29.8 Å². The van der Waals surface area contributed by atoms with E-state index in [0.29, 0.717) is 18.2 Å². The molecule has 3 N–H and O–H groups in total. The zero-order valence-electron chi connectivity index (χ0n) is 9.92. The van der Waals surface area contributed by atoms with Gasteiger partial charge < -0.3 is 10.8 Å². The first-order chi connectivity index (χ1) is 9.14. The Morgan fingerprint density at radius 1 is 1.25 bits per heavy atom. The summed E-state index contributed by atoms with van der Waals surface area (Å²) in [6.07, 6.45) is 0. The van der Waals surface area contributed by atoms with E-state index < -0.39 is 51.5 Å². The minimum atomic E-state index is -4.63. The Kier molecular flexibility index (Phi) is 4.73. The monoisotopic (exact) mass is 308 g/mol. The molecule has 0 aliphatic carbocycles. The number of hydrogen-bond acceptors (Lipinski definition) is 4. The highest BCUT2D eigenvalue weighted by Crippen LogP contribution is 2.19. The van der Waals surface area contributed by atoms with Crippen molar-refractivity contribution in [1.29, 1.82) is 0 Å². The molecule has 0 unspecified atom stereocenters. The lowest BCUT2D eigenvalue weighted by Gasteiger charge is -2.19. The predicted molar refractivity (Wildman–Crippen MR) is 61.9 cm³/mol. The molecule has 10 heteroatoms. The summed E-state index contributed by atoms with van der Waals surface area (Å²) in [4.78, 5) is 20.4. The standard InChI is InChI=1S/C10H10F2N2O5S/c11-6-1-2-8(7(12)3-6)20(18,19)14(4-9(13)15)5-10(16)17/h1-3H,4-5H2,(H2,13,15)(H,16,17). The fourth-order valence-corrected chi connectivity index (χ4v) is 2.78. The van der Waals surface area contributed by atoms with Crippen molar-refractivity contribution >= 4 is 21.9 Å². The van der Waals surface area contributed by atoms with E-state index in [1.807, 2.05) is 0 Å². The quantitative estimate of drug-likeness (QED) is 0.736. The van der Waals surface area contributed by atoms with Crippen LogP contribution in [-0.2, 0) is 19.6 Å². The maximum absolute atomic E-state index is 13.5. The molecule has 0 saturated carbocycles. The van der Waals surface area contributed by atoms with Crippen molar-refractivity contribution in [2.45, 2.75) is 4.90 Å². The number of nitrogens with zero attached hydrogens (tertiary/aromatic N) is 1. The fraction of sp³-hybridized carbons (Fsp3) is 0.200. The summed E-state index contributed by atoms with van der Waals surface area (Å²) in [5, 5.41) is 8.61. The van der Waals surface area contributed by atoms with Crippen molar-refractivity contribution in [2.24, 2.45) is 5.73 Å². The molecule has 1 aromatic rings. The van der Waals surface area contributed by atoms with Crippen LogP contribution in [-0.4, -0.2) is 42.8 Å². The first-order valence-corrected chi connectivity index (χ1v) is 6.54. The van der Waals surface area contributed by atoms with Crippen LogP contribution >= 0.6 is 0 Å². The number of rotatable bonds is 6. The number of benzene rings is 1. The molecule has 0 aliphatic rings. The van der Waals surface area contributed by atoms with Crippen LogP contribution in [0.15, 0.2) is 23.1 Å². The first-order valence-electron chi connectivity index (χ1n) is 5.10. The molecule has 0 saturated heterocycles. The highest BCUT2D eigenvalue weighted by molar-refractivity contribution is 7.89. The smallest absolute Gasteiger partial charge is 0.318 e. The van der Waals surface area contributed by atoms with E-state index in [2.05, 4.69) is 0 Å². The average Bonchev–Trinajstić information content (AvgIpc) is 2.26. The molecule has 110 valence electrons. The maximum atomic E-state index is 13.5. The van der Waals surface area contributed by atoms with Crippen molar-refractivity contribution < 1.29 is 31.9 Å². The number of hydrogen-bond donors (Lipinski definition) is 2. The van der Waals surface area contributed by atoms with Crippen molar-refractivity contribution in [1.82, 2.24) is 4.31 Å². The summed E-state index contributed by atoms with van der Waals surface area (Å²) in [6, 6.07) is 1.66. The molecule has 0 aliphatic heterocycles. The normalized spacial score (nSPS) is 11.6. The average molecular weight is 308 g/mol. The van der Waals surface area contributed by atoms with Gasteiger partial charge in [-0.05, 0) is 12.1 Å². The molecule has 0 atom stereocenters. The number of amides is 1. The number of carboxylic acid groups (broad SMARTS) is 1. The third-order valence-corrected chi connectivity index (χ3v) is 3.98. The second-order valence-electron chi connectivity index (χ2n) is 3.71. The first kappa shape index (κ1) is 16.0. The Hall–Kier alpha value is -2.07. The SMILES string of the molecule is NC(=O)CN(CC(=O)O)S(=O)(=O)c1ccc(F)cc1F. The minimum absolute atomic E-state index is 0.188. The highest BCUT2D eigenvalue weighted by Gasteiger charge is 2.30. The van der Waals surface area contributed by atoms with Gasteiger partial charge in [0.1, 0.15) is 23.1 Å². The van der Waals surface area contributed by atoms with E-state index in [-0.39, 0.29) is 4.31 Å². The second kappa shape index (κ2) is 5.92. The lowest BCUT2D eigenvalue weighted by molar-refractivity contribution is -0.137. The highest BCUT2D eigenvalue weighted by atomic mass is 32.2. The van der Waals surface area contributed by atoms with Gasteiger partial charge in [0.05, 0.1) is 6.54 Å². The minimum Gasteiger partial charge on any atom is -0.480 e. The van der Waals surface area contributed by atoms with E-state index >= 15 is 0 Å². The number of carboxylic acids is 1. The van der Waals surface area contributed by atoms with Gasteiger partial charge in [-0.2, -0.15) is 4.31 Å². The van der Waals surface area contributed by atoms with Gasteiger partial charge in [-0.25, -0.2) is 17.2 Å². The molecular formula is C10H10F2N2O5S. The van der Waals surface area contributed by atoms with Crippen LogP contribution in [0.2, 0.25) is 0 Å². The van der Waals surface area contributed by atoms with Crippen molar-refractivity contribution in [3.63, 3.8) is 0 Å².